The maximum absolute atomic E-state index is 6.79. The van der Waals surface area contributed by atoms with Crippen molar-refractivity contribution in [3.05, 3.63) is 86.5 Å². The van der Waals surface area contributed by atoms with Crippen LogP contribution >= 0.6 is 0 Å². The SMILES string of the molecule is Cc1cc(C)c2c(c1C)Oc1c(C)c(C)c(OC(C3CO3)C3CO3)c(C)c1C2c1ccccc1. The van der Waals surface area contributed by atoms with E-state index in [1.165, 1.54) is 33.4 Å². The van der Waals surface area contributed by atoms with Crippen molar-refractivity contribution in [1.29, 1.82) is 0 Å². The summed E-state index contributed by atoms with van der Waals surface area (Å²) in [6.45, 7) is 14.5. The predicted molar refractivity (Wildman–Crippen MR) is 133 cm³/mol. The van der Waals surface area contributed by atoms with Crippen LogP contribution in [0.3, 0.4) is 0 Å². The van der Waals surface area contributed by atoms with Gasteiger partial charge in [-0.2, -0.15) is 0 Å². The van der Waals surface area contributed by atoms with Gasteiger partial charge in [0.1, 0.15) is 29.5 Å². The average Bonchev–Trinajstić information content (AvgIpc) is 3.74. The Hall–Kier alpha value is -2.82. The molecule has 3 heterocycles. The van der Waals surface area contributed by atoms with Gasteiger partial charge in [0, 0.05) is 17.0 Å². The van der Waals surface area contributed by atoms with E-state index in [2.05, 4.69) is 77.9 Å². The van der Waals surface area contributed by atoms with Crippen molar-refractivity contribution >= 4 is 0 Å². The molecule has 3 aliphatic rings. The van der Waals surface area contributed by atoms with Crippen molar-refractivity contribution in [2.45, 2.75) is 65.8 Å². The number of hydrogen-bond donors (Lipinski definition) is 0. The monoisotopic (exact) mass is 456 g/mol. The van der Waals surface area contributed by atoms with Crippen LogP contribution in [0.5, 0.6) is 17.2 Å². The van der Waals surface area contributed by atoms with Crippen molar-refractivity contribution in [2.75, 3.05) is 13.2 Å². The van der Waals surface area contributed by atoms with Crippen LogP contribution in [0.15, 0.2) is 36.4 Å². The van der Waals surface area contributed by atoms with E-state index in [0.29, 0.717) is 0 Å². The Labute approximate surface area is 201 Å². The van der Waals surface area contributed by atoms with Crippen LogP contribution in [-0.4, -0.2) is 31.5 Å². The maximum atomic E-state index is 6.79. The highest BCUT2D eigenvalue weighted by Crippen LogP contribution is 2.55. The highest BCUT2D eigenvalue weighted by atomic mass is 16.6. The first-order chi connectivity index (χ1) is 16.4. The summed E-state index contributed by atoms with van der Waals surface area (Å²) in [5.41, 5.74) is 10.8. The molecule has 0 aromatic heterocycles. The number of hydrogen-bond acceptors (Lipinski definition) is 4. The van der Waals surface area contributed by atoms with E-state index in [1.807, 2.05) is 0 Å². The summed E-state index contributed by atoms with van der Waals surface area (Å²) in [5.74, 6) is 3.00. The van der Waals surface area contributed by atoms with E-state index in [0.717, 1.165) is 47.2 Å². The van der Waals surface area contributed by atoms with Crippen LogP contribution < -0.4 is 9.47 Å². The molecule has 4 nitrogen and oxygen atoms in total. The van der Waals surface area contributed by atoms with Crippen LogP contribution in [0.2, 0.25) is 0 Å². The second-order valence-electron chi connectivity index (χ2n) is 10.1. The van der Waals surface area contributed by atoms with Gasteiger partial charge >= 0.3 is 0 Å². The molecular weight excluding hydrogens is 424 g/mol. The minimum Gasteiger partial charge on any atom is -0.484 e. The zero-order valence-corrected chi connectivity index (χ0v) is 20.8. The molecule has 6 rings (SSSR count). The third-order valence-electron chi connectivity index (χ3n) is 7.89. The third-order valence-corrected chi connectivity index (χ3v) is 7.89. The highest BCUT2D eigenvalue weighted by molar-refractivity contribution is 5.70. The van der Waals surface area contributed by atoms with Gasteiger partial charge in [0.05, 0.1) is 13.2 Å². The molecule has 176 valence electrons. The molecule has 0 saturated carbocycles. The molecular formula is C30H32O4. The summed E-state index contributed by atoms with van der Waals surface area (Å²) >= 11 is 0. The van der Waals surface area contributed by atoms with Crippen molar-refractivity contribution < 1.29 is 18.9 Å². The maximum Gasteiger partial charge on any atom is 0.155 e. The Morgan fingerprint density at radius 1 is 0.735 bits per heavy atom. The predicted octanol–water partition coefficient (Wildman–Crippen LogP) is 6.37. The molecule has 4 heteroatoms. The Kier molecular flexibility index (Phi) is 5.02. The van der Waals surface area contributed by atoms with Crippen molar-refractivity contribution in [2.24, 2.45) is 0 Å². The largest absolute Gasteiger partial charge is 0.484 e. The molecule has 3 unspecified atom stereocenters. The second kappa shape index (κ2) is 7.86. The number of rotatable bonds is 5. The van der Waals surface area contributed by atoms with Gasteiger partial charge in [-0.1, -0.05) is 36.4 Å². The minimum atomic E-state index is -0.0616. The number of benzene rings is 3. The van der Waals surface area contributed by atoms with Gasteiger partial charge in [0.25, 0.3) is 0 Å². The first kappa shape index (κ1) is 21.7. The average molecular weight is 457 g/mol. The van der Waals surface area contributed by atoms with Crippen LogP contribution in [0.25, 0.3) is 0 Å². The molecule has 0 bridgehead atoms. The first-order valence-electron chi connectivity index (χ1n) is 12.2. The smallest absolute Gasteiger partial charge is 0.155 e. The number of aryl methyl sites for hydroxylation is 2. The Morgan fingerprint density at radius 2 is 1.35 bits per heavy atom. The molecule has 3 atom stereocenters. The van der Waals surface area contributed by atoms with Crippen molar-refractivity contribution in [1.82, 2.24) is 0 Å². The quantitative estimate of drug-likeness (QED) is 0.327. The Morgan fingerprint density at radius 3 is 1.97 bits per heavy atom. The number of epoxide rings is 2. The van der Waals surface area contributed by atoms with Crippen LogP contribution in [0.1, 0.15) is 56.0 Å². The highest BCUT2D eigenvalue weighted by Gasteiger charge is 2.47. The fourth-order valence-corrected chi connectivity index (χ4v) is 5.58. The number of fused-ring (bicyclic) bond motifs is 2. The molecule has 2 saturated heterocycles. The van der Waals surface area contributed by atoms with E-state index in [-0.39, 0.29) is 24.2 Å². The van der Waals surface area contributed by atoms with Gasteiger partial charge < -0.3 is 18.9 Å². The molecule has 0 amide bonds. The standard InChI is InChI=1S/C30H32O4/c1-15-12-16(2)24-26(21-10-8-7-9-11-21)25-20(6)27(33-30(22-13-31-22)23-14-32-23)18(4)19(5)29(25)34-28(24)17(15)3/h7-12,22-23,26,30H,13-14H2,1-6H3. The Bertz CT molecular complexity index is 1270. The molecule has 0 aliphatic carbocycles. The zero-order valence-electron chi connectivity index (χ0n) is 20.8. The van der Waals surface area contributed by atoms with Gasteiger partial charge in [0.2, 0.25) is 0 Å². The van der Waals surface area contributed by atoms with Gasteiger partial charge in [-0.15, -0.1) is 0 Å². The van der Waals surface area contributed by atoms with Gasteiger partial charge in [0.15, 0.2) is 6.10 Å². The van der Waals surface area contributed by atoms with Crippen molar-refractivity contribution in [3.63, 3.8) is 0 Å². The molecule has 3 aliphatic heterocycles. The summed E-state index contributed by atoms with van der Waals surface area (Å²) in [5, 5.41) is 0. The summed E-state index contributed by atoms with van der Waals surface area (Å²) in [7, 11) is 0. The Balaban J connectivity index is 1.59. The molecule has 2 fully saturated rings. The van der Waals surface area contributed by atoms with E-state index in [1.54, 1.807) is 0 Å². The van der Waals surface area contributed by atoms with E-state index in [4.69, 9.17) is 18.9 Å². The van der Waals surface area contributed by atoms with Crippen LogP contribution in [-0.2, 0) is 9.47 Å². The lowest BCUT2D eigenvalue weighted by Gasteiger charge is -2.35. The first-order valence-corrected chi connectivity index (χ1v) is 12.2. The van der Waals surface area contributed by atoms with Gasteiger partial charge in [-0.3, -0.25) is 0 Å². The normalized spacial score (nSPS) is 22.9. The van der Waals surface area contributed by atoms with Gasteiger partial charge in [-0.25, -0.2) is 0 Å². The lowest BCUT2D eigenvalue weighted by molar-refractivity contribution is 0.123. The van der Waals surface area contributed by atoms with Crippen molar-refractivity contribution in [3.8, 4) is 17.2 Å². The lowest BCUT2D eigenvalue weighted by Crippen LogP contribution is -2.30. The van der Waals surface area contributed by atoms with Gasteiger partial charge in [-0.05, 0) is 80.5 Å². The fraction of sp³-hybridized carbons (Fsp3) is 0.400. The molecule has 0 N–H and O–H groups in total. The van der Waals surface area contributed by atoms with Crippen LogP contribution in [0, 0.1) is 41.5 Å². The summed E-state index contributed by atoms with van der Waals surface area (Å²) in [4.78, 5) is 0. The molecule has 0 radical (unpaired) electrons. The zero-order chi connectivity index (χ0) is 23.7. The fourth-order valence-electron chi connectivity index (χ4n) is 5.58. The second-order valence-corrected chi connectivity index (χ2v) is 10.1. The van der Waals surface area contributed by atoms with Crippen LogP contribution in [0.4, 0.5) is 0 Å². The summed E-state index contributed by atoms with van der Waals surface area (Å²) in [6, 6.07) is 13.1. The van der Waals surface area contributed by atoms with E-state index in [9.17, 15) is 0 Å². The third kappa shape index (κ3) is 3.35. The molecule has 3 aromatic carbocycles. The molecule has 0 spiro atoms. The topological polar surface area (TPSA) is 43.5 Å². The lowest BCUT2D eigenvalue weighted by atomic mass is 9.76. The summed E-state index contributed by atoms with van der Waals surface area (Å²) < 4.78 is 24.7. The minimum absolute atomic E-state index is 0.0616. The van der Waals surface area contributed by atoms with E-state index < -0.39 is 0 Å². The molecule has 34 heavy (non-hydrogen) atoms. The summed E-state index contributed by atoms with van der Waals surface area (Å²) in [6.07, 6.45) is 0.184. The number of ether oxygens (including phenoxy) is 4. The van der Waals surface area contributed by atoms with E-state index >= 15 is 0 Å². The molecule has 3 aromatic rings.